The molecule has 0 radical (unpaired) electrons. The first-order valence-electron chi connectivity index (χ1n) is 6.36. The Labute approximate surface area is 104 Å². The van der Waals surface area contributed by atoms with Gasteiger partial charge in [-0.05, 0) is 66.3 Å². The summed E-state index contributed by atoms with van der Waals surface area (Å²) in [5.41, 5.74) is 6.98. The minimum Gasteiger partial charge on any atom is -0.251 e. The van der Waals surface area contributed by atoms with Crippen molar-refractivity contribution in [3.05, 3.63) is 33.9 Å². The molecule has 17 heavy (non-hydrogen) atoms. The average molecular weight is 234 g/mol. The number of aryl methyl sites for hydroxylation is 1. The van der Waals surface area contributed by atoms with Gasteiger partial charge in [-0.3, -0.25) is 5.26 Å². The van der Waals surface area contributed by atoms with Gasteiger partial charge in [0.2, 0.25) is 0 Å². The van der Waals surface area contributed by atoms with Gasteiger partial charge in [0.15, 0.2) is 0 Å². The summed E-state index contributed by atoms with van der Waals surface area (Å²) in [5.74, 6) is 0. The average Bonchev–Trinajstić information content (AvgIpc) is 2.24. The van der Waals surface area contributed by atoms with Crippen molar-refractivity contribution in [1.29, 1.82) is 0 Å². The lowest BCUT2D eigenvalue weighted by molar-refractivity contribution is -0.253. The highest BCUT2D eigenvalue weighted by Crippen LogP contribution is 2.41. The van der Waals surface area contributed by atoms with Crippen LogP contribution in [0.3, 0.4) is 0 Å². The van der Waals surface area contributed by atoms with Gasteiger partial charge in [-0.15, -0.1) is 0 Å². The van der Waals surface area contributed by atoms with Crippen molar-refractivity contribution in [2.45, 2.75) is 59.0 Å². The number of hydrogen-bond donors (Lipinski definition) is 1. The smallest absolute Gasteiger partial charge is 0.107 e. The molecule has 0 bridgehead atoms. The van der Waals surface area contributed by atoms with E-state index in [1.807, 2.05) is 0 Å². The maximum atomic E-state index is 8.67. The molecule has 0 fully saturated rings. The molecule has 0 heterocycles. The normalized spacial score (nSPS) is 17.9. The van der Waals surface area contributed by atoms with Crippen LogP contribution in [0.5, 0.6) is 0 Å². The molecule has 2 heteroatoms. The van der Waals surface area contributed by atoms with Crippen LogP contribution in [-0.4, -0.2) is 5.26 Å². The number of benzene rings is 1. The molecule has 1 N–H and O–H groups in total. The summed E-state index contributed by atoms with van der Waals surface area (Å²) < 4.78 is 0. The van der Waals surface area contributed by atoms with Crippen molar-refractivity contribution in [2.75, 3.05) is 0 Å². The first-order chi connectivity index (χ1) is 7.97. The summed E-state index contributed by atoms with van der Waals surface area (Å²) in [4.78, 5) is 4.32. The molecule has 1 aromatic carbocycles. The van der Waals surface area contributed by atoms with Crippen LogP contribution in [0.15, 0.2) is 6.07 Å². The van der Waals surface area contributed by atoms with Crippen LogP contribution in [0.1, 0.15) is 54.5 Å². The Morgan fingerprint density at radius 3 is 2.71 bits per heavy atom. The van der Waals surface area contributed by atoms with Gasteiger partial charge in [0.1, 0.15) is 6.61 Å². The Balaban J connectivity index is 2.63. The molecule has 2 rings (SSSR count). The highest BCUT2D eigenvalue weighted by Gasteiger charge is 2.30. The maximum absolute atomic E-state index is 8.67. The topological polar surface area (TPSA) is 29.5 Å². The van der Waals surface area contributed by atoms with E-state index in [1.54, 1.807) is 0 Å². The molecular formula is C15H22O2. The monoisotopic (exact) mass is 234 g/mol. The lowest BCUT2D eigenvalue weighted by atomic mass is 9.69. The van der Waals surface area contributed by atoms with E-state index in [0.717, 1.165) is 5.56 Å². The van der Waals surface area contributed by atoms with Crippen molar-refractivity contribution in [2.24, 2.45) is 0 Å². The zero-order valence-electron chi connectivity index (χ0n) is 11.3. The Morgan fingerprint density at radius 2 is 2.06 bits per heavy atom. The van der Waals surface area contributed by atoms with E-state index in [9.17, 15) is 0 Å². The van der Waals surface area contributed by atoms with Crippen molar-refractivity contribution in [1.82, 2.24) is 0 Å². The second-order valence-electron chi connectivity index (χ2n) is 5.84. The molecule has 0 unspecified atom stereocenters. The second kappa shape index (κ2) is 4.43. The van der Waals surface area contributed by atoms with Gasteiger partial charge >= 0.3 is 0 Å². The standard InChI is InChI=1S/C15H22O2/c1-10-8-12(9-17-16)11(2)14-13(10)6-5-7-15(14,3)4/h8,16H,5-7,9H2,1-4H3. The van der Waals surface area contributed by atoms with Crippen molar-refractivity contribution in [3.8, 4) is 0 Å². The molecule has 0 saturated carbocycles. The maximum Gasteiger partial charge on any atom is 0.107 e. The minimum atomic E-state index is 0.244. The van der Waals surface area contributed by atoms with Crippen molar-refractivity contribution < 1.29 is 10.1 Å². The highest BCUT2D eigenvalue weighted by atomic mass is 17.1. The van der Waals surface area contributed by atoms with E-state index in [4.69, 9.17) is 5.26 Å². The minimum absolute atomic E-state index is 0.244. The van der Waals surface area contributed by atoms with E-state index in [0.29, 0.717) is 0 Å². The summed E-state index contributed by atoms with van der Waals surface area (Å²) in [5, 5.41) is 8.67. The zero-order valence-corrected chi connectivity index (χ0v) is 11.3. The number of fused-ring (bicyclic) bond motifs is 1. The summed E-state index contributed by atoms with van der Waals surface area (Å²) >= 11 is 0. The molecule has 0 atom stereocenters. The SMILES string of the molecule is Cc1cc(COO)c(C)c2c1CCCC2(C)C. The quantitative estimate of drug-likeness (QED) is 0.621. The Hall–Kier alpha value is -0.860. The van der Waals surface area contributed by atoms with E-state index < -0.39 is 0 Å². The van der Waals surface area contributed by atoms with Gasteiger partial charge in [-0.1, -0.05) is 19.9 Å². The van der Waals surface area contributed by atoms with Crippen LogP contribution >= 0.6 is 0 Å². The van der Waals surface area contributed by atoms with Crippen LogP contribution in [0, 0.1) is 13.8 Å². The van der Waals surface area contributed by atoms with Crippen LogP contribution in [0.2, 0.25) is 0 Å². The first kappa shape index (κ1) is 12.6. The van der Waals surface area contributed by atoms with E-state index in [-0.39, 0.29) is 12.0 Å². The summed E-state index contributed by atoms with van der Waals surface area (Å²) in [6, 6.07) is 2.16. The molecule has 1 aromatic rings. The predicted octanol–water partition coefficient (Wildman–Crippen LogP) is 3.91. The Kier molecular flexibility index (Phi) is 3.28. The largest absolute Gasteiger partial charge is 0.251 e. The van der Waals surface area contributed by atoms with Crippen molar-refractivity contribution in [3.63, 3.8) is 0 Å². The predicted molar refractivity (Wildman–Crippen MR) is 69.3 cm³/mol. The molecule has 1 aliphatic carbocycles. The molecule has 0 spiro atoms. The van der Waals surface area contributed by atoms with E-state index in [2.05, 4.69) is 38.6 Å². The molecule has 0 saturated heterocycles. The van der Waals surface area contributed by atoms with E-state index >= 15 is 0 Å². The number of rotatable bonds is 2. The second-order valence-corrected chi connectivity index (χ2v) is 5.84. The number of hydrogen-bond acceptors (Lipinski definition) is 2. The Morgan fingerprint density at radius 1 is 1.35 bits per heavy atom. The van der Waals surface area contributed by atoms with Gasteiger partial charge in [0.25, 0.3) is 0 Å². The molecule has 2 nitrogen and oxygen atoms in total. The third kappa shape index (κ3) is 2.12. The van der Waals surface area contributed by atoms with Gasteiger partial charge in [-0.25, -0.2) is 4.89 Å². The molecule has 1 aliphatic rings. The molecule has 94 valence electrons. The zero-order chi connectivity index (χ0) is 12.6. The third-order valence-electron chi connectivity index (χ3n) is 4.15. The molecule has 0 aromatic heterocycles. The lowest BCUT2D eigenvalue weighted by Crippen LogP contribution is -2.26. The summed E-state index contributed by atoms with van der Waals surface area (Å²) in [7, 11) is 0. The molecule has 0 amide bonds. The fraction of sp³-hybridized carbons (Fsp3) is 0.600. The fourth-order valence-electron chi connectivity index (χ4n) is 3.33. The van der Waals surface area contributed by atoms with Gasteiger partial charge in [0.05, 0.1) is 0 Å². The first-order valence-corrected chi connectivity index (χ1v) is 6.36. The van der Waals surface area contributed by atoms with Crippen molar-refractivity contribution >= 4 is 0 Å². The van der Waals surface area contributed by atoms with Crippen LogP contribution < -0.4 is 0 Å². The van der Waals surface area contributed by atoms with Crippen LogP contribution in [-0.2, 0) is 23.3 Å². The third-order valence-corrected chi connectivity index (χ3v) is 4.15. The summed E-state index contributed by atoms with van der Waals surface area (Å²) in [6.45, 7) is 9.25. The van der Waals surface area contributed by atoms with Crippen LogP contribution in [0.25, 0.3) is 0 Å². The van der Waals surface area contributed by atoms with Gasteiger partial charge < -0.3 is 0 Å². The van der Waals surface area contributed by atoms with Gasteiger partial charge in [0, 0.05) is 0 Å². The van der Waals surface area contributed by atoms with Crippen LogP contribution in [0.4, 0.5) is 0 Å². The molecular weight excluding hydrogens is 212 g/mol. The fourth-order valence-corrected chi connectivity index (χ4v) is 3.33. The van der Waals surface area contributed by atoms with Gasteiger partial charge in [-0.2, -0.15) is 0 Å². The lowest BCUT2D eigenvalue weighted by Gasteiger charge is -2.36. The summed E-state index contributed by atoms with van der Waals surface area (Å²) in [6.07, 6.45) is 3.70. The molecule has 0 aliphatic heterocycles. The van der Waals surface area contributed by atoms with E-state index in [1.165, 1.54) is 41.5 Å². The Bertz CT molecular complexity index is 433. The highest BCUT2D eigenvalue weighted by molar-refractivity contribution is 5.49.